The number of halogens is 1. The van der Waals surface area contributed by atoms with E-state index in [0.29, 0.717) is 18.5 Å². The molecule has 2 rings (SSSR count). The second-order valence-electron chi connectivity index (χ2n) is 4.99. The van der Waals surface area contributed by atoms with E-state index in [2.05, 4.69) is 33.4 Å². The number of hydrogen-bond acceptors (Lipinski definition) is 3. The van der Waals surface area contributed by atoms with E-state index in [-0.39, 0.29) is 12.6 Å². The average molecular weight is 313 g/mol. The molecule has 4 N–H and O–H groups in total. The summed E-state index contributed by atoms with van der Waals surface area (Å²) in [4.78, 5) is 0. The Labute approximate surface area is 117 Å². The highest BCUT2D eigenvalue weighted by atomic mass is 79.9. The van der Waals surface area contributed by atoms with E-state index in [1.54, 1.807) is 0 Å². The number of aliphatic hydroxyl groups excluding tert-OH is 1. The molecule has 0 aromatic heterocycles. The summed E-state index contributed by atoms with van der Waals surface area (Å²) in [6.07, 6.45) is 3.45. The van der Waals surface area contributed by atoms with E-state index in [4.69, 9.17) is 5.73 Å². The zero-order chi connectivity index (χ0) is 13.0. The van der Waals surface area contributed by atoms with Gasteiger partial charge in [-0.05, 0) is 36.5 Å². The minimum atomic E-state index is 0.176. The Balaban J connectivity index is 2.02. The fourth-order valence-electron chi connectivity index (χ4n) is 2.73. The molecular formula is C14H21BrN2O. The molecule has 1 fully saturated rings. The zero-order valence-corrected chi connectivity index (χ0v) is 12.1. The molecule has 0 saturated heterocycles. The molecule has 0 radical (unpaired) electrons. The van der Waals surface area contributed by atoms with Crippen LogP contribution in [0.1, 0.15) is 30.9 Å². The van der Waals surface area contributed by atoms with E-state index in [1.807, 2.05) is 12.1 Å². The molecule has 4 heteroatoms. The van der Waals surface area contributed by atoms with Crippen molar-refractivity contribution in [1.82, 2.24) is 5.32 Å². The van der Waals surface area contributed by atoms with Crippen LogP contribution in [-0.2, 0) is 0 Å². The summed E-state index contributed by atoms with van der Waals surface area (Å²) in [6.45, 7) is 0.853. The molecular weight excluding hydrogens is 292 g/mol. The quantitative estimate of drug-likeness (QED) is 0.781. The van der Waals surface area contributed by atoms with Crippen molar-refractivity contribution in [3.05, 3.63) is 34.3 Å². The summed E-state index contributed by atoms with van der Waals surface area (Å²) in [5.41, 5.74) is 7.08. The number of benzene rings is 1. The first-order chi connectivity index (χ1) is 8.74. The van der Waals surface area contributed by atoms with E-state index >= 15 is 0 Å². The van der Waals surface area contributed by atoms with Gasteiger partial charge in [-0.2, -0.15) is 0 Å². The first-order valence-electron chi connectivity index (χ1n) is 6.57. The van der Waals surface area contributed by atoms with Gasteiger partial charge in [-0.3, -0.25) is 0 Å². The molecule has 3 atom stereocenters. The average Bonchev–Trinajstić information content (AvgIpc) is 2.84. The van der Waals surface area contributed by atoms with Crippen LogP contribution in [0.3, 0.4) is 0 Å². The van der Waals surface area contributed by atoms with E-state index in [0.717, 1.165) is 17.3 Å². The predicted octanol–water partition coefficient (Wildman–Crippen LogP) is 2.20. The molecule has 1 aliphatic carbocycles. The second-order valence-corrected chi connectivity index (χ2v) is 5.90. The first kappa shape index (κ1) is 14.0. The molecule has 3 unspecified atom stereocenters. The minimum Gasteiger partial charge on any atom is -0.396 e. The summed E-state index contributed by atoms with van der Waals surface area (Å²) in [5, 5.41) is 13.0. The topological polar surface area (TPSA) is 58.3 Å². The van der Waals surface area contributed by atoms with Gasteiger partial charge >= 0.3 is 0 Å². The highest BCUT2D eigenvalue weighted by Gasteiger charge is 2.28. The van der Waals surface area contributed by atoms with Gasteiger partial charge in [0.05, 0.1) is 0 Å². The molecule has 100 valence electrons. The zero-order valence-electron chi connectivity index (χ0n) is 10.5. The molecule has 1 saturated carbocycles. The standard InChI is InChI=1S/C14H21BrN2O/c15-12-6-4-10(5-7-12)14(8-16)17-13-3-1-2-11(13)9-18/h4-7,11,13-14,17-18H,1-3,8-9,16H2. The molecule has 0 aliphatic heterocycles. The fraction of sp³-hybridized carbons (Fsp3) is 0.571. The molecule has 1 aromatic carbocycles. The Hall–Kier alpha value is -0.420. The largest absolute Gasteiger partial charge is 0.396 e. The van der Waals surface area contributed by atoms with Crippen molar-refractivity contribution < 1.29 is 5.11 Å². The Morgan fingerprint density at radius 2 is 2.06 bits per heavy atom. The minimum absolute atomic E-state index is 0.176. The van der Waals surface area contributed by atoms with Crippen LogP contribution in [-0.4, -0.2) is 24.3 Å². The van der Waals surface area contributed by atoms with E-state index < -0.39 is 0 Å². The predicted molar refractivity (Wildman–Crippen MR) is 77.3 cm³/mol. The van der Waals surface area contributed by atoms with Gasteiger partial charge in [0.1, 0.15) is 0 Å². The fourth-order valence-corrected chi connectivity index (χ4v) is 2.99. The summed E-state index contributed by atoms with van der Waals surface area (Å²) in [7, 11) is 0. The molecule has 1 aromatic rings. The molecule has 0 bridgehead atoms. The van der Waals surface area contributed by atoms with E-state index in [9.17, 15) is 5.11 Å². The van der Waals surface area contributed by atoms with Gasteiger partial charge in [-0.25, -0.2) is 0 Å². The number of rotatable bonds is 5. The van der Waals surface area contributed by atoms with Crippen LogP contribution in [0.25, 0.3) is 0 Å². The summed E-state index contributed by atoms with van der Waals surface area (Å²) in [6, 6.07) is 8.84. The van der Waals surface area contributed by atoms with Crippen LogP contribution in [0, 0.1) is 5.92 Å². The highest BCUT2D eigenvalue weighted by molar-refractivity contribution is 9.10. The van der Waals surface area contributed by atoms with Crippen LogP contribution < -0.4 is 11.1 Å². The molecule has 18 heavy (non-hydrogen) atoms. The summed E-state index contributed by atoms with van der Waals surface area (Å²) < 4.78 is 1.08. The van der Waals surface area contributed by atoms with Crippen molar-refractivity contribution in [2.75, 3.05) is 13.2 Å². The highest BCUT2D eigenvalue weighted by Crippen LogP contribution is 2.27. The van der Waals surface area contributed by atoms with Crippen molar-refractivity contribution >= 4 is 15.9 Å². The molecule has 1 aliphatic rings. The van der Waals surface area contributed by atoms with Crippen molar-refractivity contribution in [3.8, 4) is 0 Å². The molecule has 0 amide bonds. The van der Waals surface area contributed by atoms with Crippen molar-refractivity contribution in [1.29, 1.82) is 0 Å². The van der Waals surface area contributed by atoms with Crippen LogP contribution in [0.4, 0.5) is 0 Å². The Bertz CT molecular complexity index is 369. The number of nitrogens with two attached hydrogens (primary N) is 1. The first-order valence-corrected chi connectivity index (χ1v) is 7.36. The van der Waals surface area contributed by atoms with E-state index in [1.165, 1.54) is 12.0 Å². The van der Waals surface area contributed by atoms with Crippen LogP contribution >= 0.6 is 15.9 Å². The van der Waals surface area contributed by atoms with Crippen LogP contribution in [0.5, 0.6) is 0 Å². The Morgan fingerprint density at radius 1 is 1.33 bits per heavy atom. The molecule has 0 heterocycles. The lowest BCUT2D eigenvalue weighted by molar-refractivity contribution is 0.200. The number of nitrogens with one attached hydrogen (secondary N) is 1. The maximum atomic E-state index is 9.35. The van der Waals surface area contributed by atoms with Gasteiger partial charge < -0.3 is 16.2 Å². The molecule has 3 nitrogen and oxygen atoms in total. The summed E-state index contributed by atoms with van der Waals surface area (Å²) >= 11 is 3.44. The number of hydrogen-bond donors (Lipinski definition) is 3. The number of aliphatic hydroxyl groups is 1. The Kier molecular flexibility index (Phi) is 5.18. The summed E-state index contributed by atoms with van der Waals surface area (Å²) in [5.74, 6) is 0.384. The second kappa shape index (κ2) is 6.66. The van der Waals surface area contributed by atoms with Crippen molar-refractivity contribution in [2.45, 2.75) is 31.3 Å². The van der Waals surface area contributed by atoms with Crippen molar-refractivity contribution in [3.63, 3.8) is 0 Å². The molecule has 0 spiro atoms. The normalized spacial score (nSPS) is 25.3. The maximum Gasteiger partial charge on any atom is 0.0474 e. The lowest BCUT2D eigenvalue weighted by Gasteiger charge is -2.26. The van der Waals surface area contributed by atoms with Gasteiger partial charge in [0.25, 0.3) is 0 Å². The third-order valence-electron chi connectivity index (χ3n) is 3.82. The third kappa shape index (κ3) is 3.32. The van der Waals surface area contributed by atoms with Crippen molar-refractivity contribution in [2.24, 2.45) is 11.7 Å². The van der Waals surface area contributed by atoms with Gasteiger partial charge in [0, 0.05) is 29.7 Å². The monoisotopic (exact) mass is 312 g/mol. The van der Waals surface area contributed by atoms with Gasteiger partial charge in [0.2, 0.25) is 0 Å². The van der Waals surface area contributed by atoms with Crippen LogP contribution in [0.2, 0.25) is 0 Å². The smallest absolute Gasteiger partial charge is 0.0474 e. The lowest BCUT2D eigenvalue weighted by atomic mass is 10.0. The third-order valence-corrected chi connectivity index (χ3v) is 4.35. The Morgan fingerprint density at radius 3 is 2.67 bits per heavy atom. The maximum absolute atomic E-state index is 9.35. The van der Waals surface area contributed by atoms with Gasteiger partial charge in [0.15, 0.2) is 0 Å². The van der Waals surface area contributed by atoms with Gasteiger partial charge in [-0.1, -0.05) is 34.5 Å². The lowest BCUT2D eigenvalue weighted by Crippen LogP contribution is -2.39. The van der Waals surface area contributed by atoms with Crippen LogP contribution in [0.15, 0.2) is 28.7 Å². The van der Waals surface area contributed by atoms with Gasteiger partial charge in [-0.15, -0.1) is 0 Å². The SMILES string of the molecule is NCC(NC1CCCC1CO)c1ccc(Br)cc1.